The summed E-state index contributed by atoms with van der Waals surface area (Å²) in [4.78, 5) is 16.4. The summed E-state index contributed by atoms with van der Waals surface area (Å²) in [6, 6.07) is 13.9. The van der Waals surface area contributed by atoms with Crippen molar-refractivity contribution in [2.24, 2.45) is 4.99 Å². The first-order valence-corrected chi connectivity index (χ1v) is 10.0. The Kier molecular flexibility index (Phi) is 5.34. The van der Waals surface area contributed by atoms with Crippen LogP contribution < -0.4 is 10.0 Å². The summed E-state index contributed by atoms with van der Waals surface area (Å²) >= 11 is 5.87. The lowest BCUT2D eigenvalue weighted by Crippen LogP contribution is -2.25. The summed E-state index contributed by atoms with van der Waals surface area (Å²) in [5.41, 5.74) is 2.60. The molecule has 140 valence electrons. The van der Waals surface area contributed by atoms with Gasteiger partial charge in [0.2, 0.25) is 5.91 Å². The number of anilines is 1. The molecule has 0 radical (unpaired) electrons. The number of benzene rings is 2. The Balaban J connectivity index is 1.81. The molecule has 1 aliphatic rings. The summed E-state index contributed by atoms with van der Waals surface area (Å²) in [5, 5.41) is 3.28. The maximum Gasteiger partial charge on any atom is 0.264 e. The highest BCUT2D eigenvalue weighted by Crippen LogP contribution is 2.30. The van der Waals surface area contributed by atoms with Gasteiger partial charge in [-0.25, -0.2) is 8.42 Å². The maximum absolute atomic E-state index is 12.5. The molecule has 0 atom stereocenters. The van der Waals surface area contributed by atoms with E-state index in [1.165, 1.54) is 0 Å². The number of hydrogen-bond donors (Lipinski definition) is 2. The zero-order chi connectivity index (χ0) is 19.6. The molecule has 1 aliphatic heterocycles. The Hall–Kier alpha value is -2.64. The van der Waals surface area contributed by atoms with Crippen LogP contribution in [0.15, 0.2) is 59.1 Å². The van der Waals surface area contributed by atoms with Crippen molar-refractivity contribution < 1.29 is 13.2 Å². The first-order chi connectivity index (χ1) is 12.8. The van der Waals surface area contributed by atoms with E-state index < -0.39 is 10.0 Å². The van der Waals surface area contributed by atoms with Crippen LogP contribution in [0.2, 0.25) is 5.02 Å². The molecule has 0 saturated heterocycles. The lowest BCUT2D eigenvalue weighted by atomic mass is 10.1. The second-order valence-electron chi connectivity index (χ2n) is 6.09. The smallest absolute Gasteiger partial charge is 0.264 e. The highest BCUT2D eigenvalue weighted by molar-refractivity contribution is 8.00. The van der Waals surface area contributed by atoms with Crippen LogP contribution in [0.1, 0.15) is 18.1 Å². The molecule has 0 bridgehead atoms. The maximum atomic E-state index is 12.5. The van der Waals surface area contributed by atoms with E-state index >= 15 is 0 Å². The van der Waals surface area contributed by atoms with Gasteiger partial charge in [0.05, 0.1) is 0 Å². The third-order valence-corrected chi connectivity index (χ3v) is 5.90. The minimum atomic E-state index is -3.74. The van der Waals surface area contributed by atoms with Crippen molar-refractivity contribution >= 4 is 44.0 Å². The summed E-state index contributed by atoms with van der Waals surface area (Å²) < 4.78 is 27.3. The predicted octanol–water partition coefficient (Wildman–Crippen LogP) is 3.35. The number of sulfonamides is 1. The number of nitrogens with zero attached hydrogens (tertiary/aromatic N) is 1. The van der Waals surface area contributed by atoms with Gasteiger partial charge in [-0.1, -0.05) is 41.9 Å². The molecule has 2 N–H and O–H groups in total. The summed E-state index contributed by atoms with van der Waals surface area (Å²) in [6.45, 7) is 3.34. The molecule has 1 heterocycles. The van der Waals surface area contributed by atoms with Gasteiger partial charge in [-0.15, -0.1) is 0 Å². The van der Waals surface area contributed by atoms with Crippen LogP contribution >= 0.6 is 11.6 Å². The summed E-state index contributed by atoms with van der Waals surface area (Å²) in [7, 11) is -3.74. The van der Waals surface area contributed by atoms with E-state index in [4.69, 9.17) is 11.6 Å². The first-order valence-electron chi connectivity index (χ1n) is 8.18. The Labute approximate surface area is 163 Å². The van der Waals surface area contributed by atoms with Crippen molar-refractivity contribution in [1.82, 2.24) is 4.72 Å². The fraction of sp³-hybridized carbons (Fsp3) is 0.158. The molecule has 8 heteroatoms. The van der Waals surface area contributed by atoms with Crippen LogP contribution in [0.5, 0.6) is 0 Å². The molecular weight excluding hydrogens is 386 g/mol. The van der Waals surface area contributed by atoms with Crippen LogP contribution in [0.4, 0.5) is 5.69 Å². The van der Waals surface area contributed by atoms with E-state index in [1.54, 1.807) is 37.3 Å². The van der Waals surface area contributed by atoms with E-state index in [0.717, 1.165) is 5.56 Å². The summed E-state index contributed by atoms with van der Waals surface area (Å²) in [5.74, 6) is -0.163. The minimum absolute atomic E-state index is 0.136. The second kappa shape index (κ2) is 7.54. The van der Waals surface area contributed by atoms with E-state index in [1.807, 2.05) is 25.1 Å². The van der Waals surface area contributed by atoms with Gasteiger partial charge in [-0.2, -0.15) is 0 Å². The molecule has 6 nitrogen and oxygen atoms in total. The van der Waals surface area contributed by atoms with Crippen LogP contribution in [-0.4, -0.2) is 26.7 Å². The number of hydrogen-bond acceptors (Lipinski definition) is 4. The zero-order valence-electron chi connectivity index (χ0n) is 14.8. The number of nitrogens with one attached hydrogen (secondary N) is 2. The molecule has 3 rings (SSSR count). The Morgan fingerprint density at radius 2 is 1.78 bits per heavy atom. The Morgan fingerprint density at radius 1 is 1.11 bits per heavy atom. The first kappa shape index (κ1) is 19.1. The number of para-hydroxylation sites is 1. The Bertz CT molecular complexity index is 1060. The number of rotatable bonds is 4. The lowest BCUT2D eigenvalue weighted by Gasteiger charge is -2.06. The van der Waals surface area contributed by atoms with Crippen molar-refractivity contribution in [3.63, 3.8) is 0 Å². The van der Waals surface area contributed by atoms with Crippen LogP contribution in [0, 0.1) is 6.92 Å². The SMILES string of the molecule is CC1=C(c2ccc(Cl)cc2)S(=O)(=O)NC1=NCC(=O)Nc1ccccc1C. The number of halogens is 1. The molecule has 0 aliphatic carbocycles. The van der Waals surface area contributed by atoms with E-state index in [2.05, 4.69) is 15.0 Å². The van der Waals surface area contributed by atoms with E-state index in [-0.39, 0.29) is 23.2 Å². The lowest BCUT2D eigenvalue weighted by molar-refractivity contribution is -0.114. The molecule has 0 saturated carbocycles. The molecule has 27 heavy (non-hydrogen) atoms. The molecule has 0 fully saturated rings. The fourth-order valence-electron chi connectivity index (χ4n) is 2.74. The fourth-order valence-corrected chi connectivity index (χ4v) is 4.39. The minimum Gasteiger partial charge on any atom is -0.324 e. The number of amides is 1. The van der Waals surface area contributed by atoms with Gasteiger partial charge in [-0.05, 0) is 43.2 Å². The van der Waals surface area contributed by atoms with Crippen LogP contribution in [0.3, 0.4) is 0 Å². The van der Waals surface area contributed by atoms with Crippen molar-refractivity contribution in [2.45, 2.75) is 13.8 Å². The van der Waals surface area contributed by atoms with Gasteiger partial charge in [0.1, 0.15) is 17.3 Å². The molecule has 0 aromatic heterocycles. The normalized spacial score (nSPS) is 17.1. The van der Waals surface area contributed by atoms with Gasteiger partial charge in [0.15, 0.2) is 0 Å². The van der Waals surface area contributed by atoms with Crippen molar-refractivity contribution in [2.75, 3.05) is 11.9 Å². The molecule has 2 aromatic carbocycles. The van der Waals surface area contributed by atoms with Crippen molar-refractivity contribution in [1.29, 1.82) is 0 Å². The third kappa shape index (κ3) is 4.20. The van der Waals surface area contributed by atoms with Gasteiger partial charge < -0.3 is 5.32 Å². The number of aryl methyl sites for hydroxylation is 1. The van der Waals surface area contributed by atoms with Gasteiger partial charge in [-0.3, -0.25) is 14.5 Å². The van der Waals surface area contributed by atoms with Gasteiger partial charge in [0.25, 0.3) is 10.0 Å². The van der Waals surface area contributed by atoms with Gasteiger partial charge in [0, 0.05) is 16.3 Å². The van der Waals surface area contributed by atoms with E-state index in [9.17, 15) is 13.2 Å². The number of aliphatic imine (C=N–C) groups is 1. The zero-order valence-corrected chi connectivity index (χ0v) is 16.4. The quantitative estimate of drug-likeness (QED) is 0.820. The Morgan fingerprint density at radius 3 is 2.44 bits per heavy atom. The van der Waals surface area contributed by atoms with Crippen LogP contribution in [0.25, 0.3) is 4.91 Å². The van der Waals surface area contributed by atoms with Crippen molar-refractivity contribution in [3.8, 4) is 0 Å². The third-order valence-electron chi connectivity index (χ3n) is 4.10. The summed E-state index contributed by atoms with van der Waals surface area (Å²) in [6.07, 6.45) is 0. The highest BCUT2D eigenvalue weighted by Gasteiger charge is 2.32. The molecular formula is C19H18ClN3O3S. The topological polar surface area (TPSA) is 87.6 Å². The average molecular weight is 404 g/mol. The van der Waals surface area contributed by atoms with Crippen molar-refractivity contribution in [3.05, 3.63) is 70.3 Å². The van der Waals surface area contributed by atoms with Crippen LogP contribution in [-0.2, 0) is 14.8 Å². The number of amidine groups is 1. The highest BCUT2D eigenvalue weighted by atomic mass is 35.5. The average Bonchev–Trinajstić information content (AvgIpc) is 2.85. The van der Waals surface area contributed by atoms with Gasteiger partial charge >= 0.3 is 0 Å². The molecule has 1 amide bonds. The predicted molar refractivity (Wildman–Crippen MR) is 108 cm³/mol. The van der Waals surface area contributed by atoms with E-state index in [0.29, 0.717) is 21.8 Å². The molecule has 2 aromatic rings. The largest absolute Gasteiger partial charge is 0.324 e. The number of carbonyl (C=O) groups is 1. The molecule has 0 unspecified atom stereocenters. The molecule has 0 spiro atoms. The number of carbonyl (C=O) groups excluding carboxylic acids is 1. The second-order valence-corrected chi connectivity index (χ2v) is 8.15. The standard InChI is InChI=1S/C19H18ClN3O3S/c1-12-5-3-4-6-16(12)22-17(24)11-21-19-13(2)18(27(25,26)23-19)14-7-9-15(20)10-8-14/h3-10H,11H2,1-2H3,(H,21,23)(H,22,24). The monoisotopic (exact) mass is 403 g/mol.